The van der Waals surface area contributed by atoms with Crippen LogP contribution in [0.3, 0.4) is 0 Å². The Hall–Kier alpha value is -1.31. The summed E-state index contributed by atoms with van der Waals surface area (Å²) in [7, 11) is 0. The molecule has 0 unspecified atom stereocenters. The molecule has 0 bridgehead atoms. The molecule has 0 saturated carbocycles. The first-order valence-corrected chi connectivity index (χ1v) is 7.00. The number of benzene rings is 1. The summed E-state index contributed by atoms with van der Waals surface area (Å²) in [4.78, 5) is 10.9. The average molecular weight is 260 g/mol. The second kappa shape index (κ2) is 4.66. The molecule has 0 heterocycles. The molecule has 1 aliphatic carbocycles. The molecule has 1 aliphatic rings. The van der Waals surface area contributed by atoms with Crippen molar-refractivity contribution in [3.05, 3.63) is 34.9 Å². The largest absolute Gasteiger partial charge is 0.461 e. The smallest absolute Gasteiger partial charge is 0.302 e. The van der Waals surface area contributed by atoms with E-state index < -0.39 is 0 Å². The Kier molecular flexibility index (Phi) is 3.46. The number of hydrogen-bond acceptors (Lipinski definition) is 2. The van der Waals surface area contributed by atoms with Crippen LogP contribution in [0.1, 0.15) is 64.2 Å². The van der Waals surface area contributed by atoms with E-state index in [2.05, 4.69) is 45.9 Å². The van der Waals surface area contributed by atoms with Gasteiger partial charge in [-0.2, -0.15) is 0 Å². The second-order valence-electron chi connectivity index (χ2n) is 6.93. The average Bonchev–Trinajstić information content (AvgIpc) is 2.32. The molecule has 0 aromatic heterocycles. The Labute approximate surface area is 116 Å². The minimum Gasteiger partial charge on any atom is -0.461 e. The van der Waals surface area contributed by atoms with Gasteiger partial charge in [0.05, 0.1) is 0 Å². The van der Waals surface area contributed by atoms with Crippen molar-refractivity contribution in [3.63, 3.8) is 0 Å². The van der Waals surface area contributed by atoms with Crippen molar-refractivity contribution in [2.75, 3.05) is 0 Å². The third kappa shape index (κ3) is 2.83. The summed E-state index contributed by atoms with van der Waals surface area (Å²) in [5.74, 6) is -0.225. The van der Waals surface area contributed by atoms with Gasteiger partial charge in [0.15, 0.2) is 0 Å². The van der Waals surface area contributed by atoms with Gasteiger partial charge in [-0.3, -0.25) is 4.79 Å². The number of carbonyl (C=O) groups excluding carboxylic acids is 1. The van der Waals surface area contributed by atoms with Crippen LogP contribution in [0.2, 0.25) is 0 Å². The molecule has 0 saturated heterocycles. The SMILES string of the molecule is CC(=O)OCc1ccc2c(c1)C(C)(C)CCC2(C)C. The van der Waals surface area contributed by atoms with Crippen LogP contribution in [-0.2, 0) is 27.0 Å². The molecule has 0 radical (unpaired) electrons. The first-order chi connectivity index (χ1) is 8.72. The Balaban J connectivity index is 2.39. The van der Waals surface area contributed by atoms with Crippen molar-refractivity contribution in [1.29, 1.82) is 0 Å². The van der Waals surface area contributed by atoms with Gasteiger partial charge < -0.3 is 4.74 Å². The first-order valence-electron chi connectivity index (χ1n) is 7.00. The topological polar surface area (TPSA) is 26.3 Å². The summed E-state index contributed by atoms with van der Waals surface area (Å²) in [5.41, 5.74) is 4.38. The lowest BCUT2D eigenvalue weighted by atomic mass is 9.63. The first kappa shape index (κ1) is 14.1. The summed E-state index contributed by atoms with van der Waals surface area (Å²) >= 11 is 0. The van der Waals surface area contributed by atoms with Crippen LogP contribution in [0.5, 0.6) is 0 Å². The zero-order chi connectivity index (χ0) is 14.3. The lowest BCUT2D eigenvalue weighted by molar-refractivity contribution is -0.142. The van der Waals surface area contributed by atoms with Crippen LogP contribution in [0, 0.1) is 0 Å². The van der Waals surface area contributed by atoms with Crippen LogP contribution >= 0.6 is 0 Å². The molecule has 19 heavy (non-hydrogen) atoms. The fourth-order valence-corrected chi connectivity index (χ4v) is 2.91. The number of ether oxygens (including phenoxy) is 1. The van der Waals surface area contributed by atoms with Gasteiger partial charge in [0.1, 0.15) is 6.61 Å². The molecule has 104 valence electrons. The lowest BCUT2D eigenvalue weighted by Crippen LogP contribution is -2.33. The Morgan fingerprint density at radius 2 is 1.68 bits per heavy atom. The van der Waals surface area contributed by atoms with Gasteiger partial charge in [0.25, 0.3) is 0 Å². The van der Waals surface area contributed by atoms with Gasteiger partial charge >= 0.3 is 5.97 Å². The van der Waals surface area contributed by atoms with Gasteiger partial charge in [-0.05, 0) is 40.4 Å². The molecule has 2 nitrogen and oxygen atoms in total. The van der Waals surface area contributed by atoms with Crippen molar-refractivity contribution >= 4 is 5.97 Å². The molecule has 0 amide bonds. The maximum atomic E-state index is 10.9. The van der Waals surface area contributed by atoms with E-state index in [1.807, 2.05) is 0 Å². The third-order valence-corrected chi connectivity index (χ3v) is 4.36. The normalized spacial score (nSPS) is 19.6. The summed E-state index contributed by atoms with van der Waals surface area (Å²) in [6, 6.07) is 6.53. The molecule has 2 heteroatoms. The molecule has 1 aromatic rings. The van der Waals surface area contributed by atoms with Gasteiger partial charge in [-0.25, -0.2) is 0 Å². The van der Waals surface area contributed by atoms with E-state index >= 15 is 0 Å². The summed E-state index contributed by atoms with van der Waals surface area (Å²) in [6.45, 7) is 11.1. The predicted molar refractivity (Wildman–Crippen MR) is 77.2 cm³/mol. The Morgan fingerprint density at radius 1 is 1.11 bits per heavy atom. The highest BCUT2D eigenvalue weighted by Crippen LogP contribution is 2.45. The van der Waals surface area contributed by atoms with E-state index in [-0.39, 0.29) is 16.8 Å². The van der Waals surface area contributed by atoms with Gasteiger partial charge in [0.2, 0.25) is 0 Å². The van der Waals surface area contributed by atoms with Crippen molar-refractivity contribution in [2.45, 2.75) is 64.9 Å². The molecular weight excluding hydrogens is 236 g/mol. The zero-order valence-electron chi connectivity index (χ0n) is 12.7. The Bertz CT molecular complexity index is 498. The third-order valence-electron chi connectivity index (χ3n) is 4.36. The molecule has 0 N–H and O–H groups in total. The van der Waals surface area contributed by atoms with Crippen molar-refractivity contribution in [2.24, 2.45) is 0 Å². The van der Waals surface area contributed by atoms with E-state index in [0.717, 1.165) is 5.56 Å². The second-order valence-corrected chi connectivity index (χ2v) is 6.93. The van der Waals surface area contributed by atoms with E-state index in [1.165, 1.54) is 30.9 Å². The molecular formula is C17H24O2. The summed E-state index contributed by atoms with van der Waals surface area (Å²) < 4.78 is 5.10. The molecule has 0 spiro atoms. The van der Waals surface area contributed by atoms with Gasteiger partial charge in [-0.15, -0.1) is 0 Å². The van der Waals surface area contributed by atoms with Crippen LogP contribution in [0.4, 0.5) is 0 Å². The van der Waals surface area contributed by atoms with E-state index in [9.17, 15) is 4.79 Å². The van der Waals surface area contributed by atoms with Crippen LogP contribution < -0.4 is 0 Å². The fourth-order valence-electron chi connectivity index (χ4n) is 2.91. The molecule has 2 rings (SSSR count). The Morgan fingerprint density at radius 3 is 2.26 bits per heavy atom. The number of rotatable bonds is 2. The zero-order valence-corrected chi connectivity index (χ0v) is 12.7. The number of esters is 1. The lowest BCUT2D eigenvalue weighted by Gasteiger charge is -2.42. The predicted octanol–water partition coefficient (Wildman–Crippen LogP) is 4.10. The molecule has 0 aliphatic heterocycles. The highest BCUT2D eigenvalue weighted by Gasteiger charge is 2.36. The maximum absolute atomic E-state index is 10.9. The summed E-state index contributed by atoms with van der Waals surface area (Å²) in [5, 5.41) is 0. The van der Waals surface area contributed by atoms with Gasteiger partial charge in [-0.1, -0.05) is 45.9 Å². The van der Waals surface area contributed by atoms with Crippen molar-refractivity contribution < 1.29 is 9.53 Å². The fraction of sp³-hybridized carbons (Fsp3) is 0.588. The molecule has 0 atom stereocenters. The van der Waals surface area contributed by atoms with Crippen LogP contribution in [0.25, 0.3) is 0 Å². The van der Waals surface area contributed by atoms with E-state index in [0.29, 0.717) is 6.61 Å². The quantitative estimate of drug-likeness (QED) is 0.748. The van der Waals surface area contributed by atoms with E-state index in [1.54, 1.807) is 0 Å². The van der Waals surface area contributed by atoms with Crippen molar-refractivity contribution in [1.82, 2.24) is 0 Å². The van der Waals surface area contributed by atoms with Crippen LogP contribution in [-0.4, -0.2) is 5.97 Å². The monoisotopic (exact) mass is 260 g/mol. The highest BCUT2D eigenvalue weighted by molar-refractivity contribution is 5.65. The molecule has 0 fully saturated rings. The maximum Gasteiger partial charge on any atom is 0.302 e. The minimum absolute atomic E-state index is 0.205. The number of hydrogen-bond donors (Lipinski definition) is 0. The molecule has 1 aromatic carbocycles. The van der Waals surface area contributed by atoms with Crippen LogP contribution in [0.15, 0.2) is 18.2 Å². The van der Waals surface area contributed by atoms with Gasteiger partial charge in [0, 0.05) is 6.92 Å². The summed E-state index contributed by atoms with van der Waals surface area (Å²) in [6.07, 6.45) is 2.42. The van der Waals surface area contributed by atoms with Crippen molar-refractivity contribution in [3.8, 4) is 0 Å². The number of fused-ring (bicyclic) bond motifs is 1. The number of carbonyl (C=O) groups is 1. The standard InChI is InChI=1S/C17H24O2/c1-12(18)19-11-13-6-7-14-15(10-13)17(4,5)9-8-16(14,2)3/h6-7,10H,8-9,11H2,1-5H3. The van der Waals surface area contributed by atoms with E-state index in [4.69, 9.17) is 4.74 Å². The highest BCUT2D eigenvalue weighted by atomic mass is 16.5. The minimum atomic E-state index is -0.225.